The summed E-state index contributed by atoms with van der Waals surface area (Å²) in [5.74, 6) is 0.579. The number of nitrogens with zero attached hydrogens (tertiary/aromatic N) is 1. The molecule has 0 saturated carbocycles. The van der Waals surface area contributed by atoms with E-state index in [-0.39, 0.29) is 0 Å². The van der Waals surface area contributed by atoms with E-state index in [4.69, 9.17) is 16.3 Å². The van der Waals surface area contributed by atoms with Gasteiger partial charge in [0.2, 0.25) is 0 Å². The lowest BCUT2D eigenvalue weighted by molar-refractivity contribution is 0.204. The number of benzene rings is 1. The van der Waals surface area contributed by atoms with Crippen LogP contribution in [-0.2, 0) is 11.3 Å². The van der Waals surface area contributed by atoms with Crippen LogP contribution in [0.2, 0.25) is 5.02 Å². The second-order valence-electron chi connectivity index (χ2n) is 5.36. The van der Waals surface area contributed by atoms with Gasteiger partial charge in [0.25, 0.3) is 0 Å². The van der Waals surface area contributed by atoms with Gasteiger partial charge < -0.3 is 15.0 Å². The maximum atomic E-state index is 6.46. The topological polar surface area (TPSA) is 24.5 Å². The highest BCUT2D eigenvalue weighted by atomic mass is 35.5. The van der Waals surface area contributed by atoms with E-state index >= 15 is 0 Å². The number of hydrogen-bond acceptors (Lipinski definition) is 3. The van der Waals surface area contributed by atoms with Crippen LogP contribution in [0, 0.1) is 5.92 Å². The molecule has 1 rings (SSSR count). The molecule has 0 aromatic heterocycles. The maximum absolute atomic E-state index is 6.46. The molecule has 0 amide bonds. The molecule has 0 aliphatic carbocycles. The smallest absolute Gasteiger partial charge is 0.0642 e. The molecular formula is C16H27ClN2O. The second-order valence-corrected chi connectivity index (χ2v) is 5.77. The molecule has 4 heteroatoms. The normalized spacial score (nSPS) is 11.1. The molecule has 0 spiro atoms. The predicted molar refractivity (Wildman–Crippen MR) is 87.8 cm³/mol. The molecular weight excluding hydrogens is 272 g/mol. The SMILES string of the molecule is CCNCc1cccc(Cl)c1N(CCOC)CC(C)C. The van der Waals surface area contributed by atoms with Crippen LogP contribution in [0.15, 0.2) is 18.2 Å². The van der Waals surface area contributed by atoms with Gasteiger partial charge in [0.05, 0.1) is 17.3 Å². The molecule has 1 aromatic carbocycles. The number of rotatable bonds is 9. The molecule has 0 bridgehead atoms. The van der Waals surface area contributed by atoms with E-state index in [0.29, 0.717) is 12.5 Å². The Balaban J connectivity index is 3.02. The van der Waals surface area contributed by atoms with Crippen LogP contribution >= 0.6 is 11.6 Å². The molecule has 1 aromatic rings. The molecule has 0 aliphatic heterocycles. The molecule has 1 N–H and O–H groups in total. The molecule has 0 saturated heterocycles. The summed E-state index contributed by atoms with van der Waals surface area (Å²) in [5.41, 5.74) is 2.39. The Morgan fingerprint density at radius 3 is 2.70 bits per heavy atom. The minimum Gasteiger partial charge on any atom is -0.383 e. The van der Waals surface area contributed by atoms with Crippen molar-refractivity contribution in [3.05, 3.63) is 28.8 Å². The Kier molecular flexibility index (Phi) is 7.97. The lowest BCUT2D eigenvalue weighted by Crippen LogP contribution is -2.32. The second kappa shape index (κ2) is 9.22. The molecule has 114 valence electrons. The van der Waals surface area contributed by atoms with Crippen LogP contribution in [0.4, 0.5) is 5.69 Å². The van der Waals surface area contributed by atoms with Crippen molar-refractivity contribution in [2.45, 2.75) is 27.3 Å². The number of para-hydroxylation sites is 1. The van der Waals surface area contributed by atoms with E-state index < -0.39 is 0 Å². The van der Waals surface area contributed by atoms with Crippen LogP contribution in [0.1, 0.15) is 26.3 Å². The van der Waals surface area contributed by atoms with Crippen molar-refractivity contribution in [2.24, 2.45) is 5.92 Å². The molecule has 0 aliphatic rings. The number of nitrogens with one attached hydrogen (secondary N) is 1. The Morgan fingerprint density at radius 1 is 1.35 bits per heavy atom. The minimum atomic E-state index is 0.579. The average Bonchev–Trinajstić information content (AvgIpc) is 2.41. The van der Waals surface area contributed by atoms with E-state index in [0.717, 1.165) is 36.9 Å². The van der Waals surface area contributed by atoms with Gasteiger partial charge in [0.1, 0.15) is 0 Å². The molecule has 0 radical (unpaired) electrons. The van der Waals surface area contributed by atoms with Gasteiger partial charge in [0.15, 0.2) is 0 Å². The van der Waals surface area contributed by atoms with Gasteiger partial charge in [0, 0.05) is 26.7 Å². The third kappa shape index (κ3) is 5.31. The van der Waals surface area contributed by atoms with Crippen molar-refractivity contribution in [1.29, 1.82) is 0 Å². The van der Waals surface area contributed by atoms with Crippen molar-refractivity contribution in [3.8, 4) is 0 Å². The molecule has 0 fully saturated rings. The zero-order valence-electron chi connectivity index (χ0n) is 13.1. The highest BCUT2D eigenvalue weighted by Crippen LogP contribution is 2.30. The van der Waals surface area contributed by atoms with Gasteiger partial charge in [-0.2, -0.15) is 0 Å². The number of anilines is 1. The van der Waals surface area contributed by atoms with Gasteiger partial charge in [-0.3, -0.25) is 0 Å². The first-order valence-corrected chi connectivity index (χ1v) is 7.69. The Bertz CT molecular complexity index is 396. The summed E-state index contributed by atoms with van der Waals surface area (Å²) in [6, 6.07) is 6.12. The van der Waals surface area contributed by atoms with Gasteiger partial charge in [-0.25, -0.2) is 0 Å². The van der Waals surface area contributed by atoms with Crippen molar-refractivity contribution in [1.82, 2.24) is 5.32 Å². The fraction of sp³-hybridized carbons (Fsp3) is 0.625. The van der Waals surface area contributed by atoms with Gasteiger partial charge in [-0.1, -0.05) is 44.5 Å². The van der Waals surface area contributed by atoms with Crippen molar-refractivity contribution < 1.29 is 4.74 Å². The van der Waals surface area contributed by atoms with E-state index in [1.165, 1.54) is 5.56 Å². The van der Waals surface area contributed by atoms with Crippen LogP contribution < -0.4 is 10.2 Å². The predicted octanol–water partition coefficient (Wildman–Crippen LogP) is 3.56. The average molecular weight is 299 g/mol. The molecule has 3 nitrogen and oxygen atoms in total. The first kappa shape index (κ1) is 17.3. The fourth-order valence-electron chi connectivity index (χ4n) is 2.25. The number of hydrogen-bond donors (Lipinski definition) is 1. The highest BCUT2D eigenvalue weighted by molar-refractivity contribution is 6.33. The van der Waals surface area contributed by atoms with Gasteiger partial charge in [-0.15, -0.1) is 0 Å². The first-order valence-electron chi connectivity index (χ1n) is 7.32. The first-order chi connectivity index (χ1) is 9.60. The largest absolute Gasteiger partial charge is 0.383 e. The maximum Gasteiger partial charge on any atom is 0.0642 e. The summed E-state index contributed by atoms with van der Waals surface area (Å²) < 4.78 is 5.24. The Hall–Kier alpha value is -0.770. The monoisotopic (exact) mass is 298 g/mol. The molecule has 0 unspecified atom stereocenters. The van der Waals surface area contributed by atoms with Crippen LogP contribution in [0.5, 0.6) is 0 Å². The standard InChI is InChI=1S/C16H27ClN2O/c1-5-18-11-14-7-6-8-15(17)16(14)19(9-10-20-4)12-13(2)3/h6-8,13,18H,5,9-12H2,1-4H3. The number of halogens is 1. The number of ether oxygens (including phenoxy) is 1. The lowest BCUT2D eigenvalue weighted by atomic mass is 10.1. The number of methoxy groups -OCH3 is 1. The van der Waals surface area contributed by atoms with E-state index in [2.05, 4.69) is 37.1 Å². The summed E-state index contributed by atoms with van der Waals surface area (Å²) in [6.45, 7) is 10.9. The molecule has 0 heterocycles. The Labute approximate surface area is 128 Å². The quantitative estimate of drug-likeness (QED) is 0.754. The Morgan fingerprint density at radius 2 is 2.10 bits per heavy atom. The third-order valence-corrected chi connectivity index (χ3v) is 3.41. The zero-order valence-corrected chi connectivity index (χ0v) is 13.8. The van der Waals surface area contributed by atoms with Crippen molar-refractivity contribution in [2.75, 3.05) is 38.3 Å². The highest BCUT2D eigenvalue weighted by Gasteiger charge is 2.15. The van der Waals surface area contributed by atoms with Gasteiger partial charge >= 0.3 is 0 Å². The van der Waals surface area contributed by atoms with Crippen molar-refractivity contribution >= 4 is 17.3 Å². The molecule has 20 heavy (non-hydrogen) atoms. The van der Waals surface area contributed by atoms with E-state index in [9.17, 15) is 0 Å². The zero-order chi connectivity index (χ0) is 15.0. The van der Waals surface area contributed by atoms with Crippen molar-refractivity contribution in [3.63, 3.8) is 0 Å². The van der Waals surface area contributed by atoms with Crippen LogP contribution in [0.3, 0.4) is 0 Å². The third-order valence-electron chi connectivity index (χ3n) is 3.10. The van der Waals surface area contributed by atoms with Crippen LogP contribution in [-0.4, -0.2) is 33.4 Å². The van der Waals surface area contributed by atoms with Gasteiger partial charge in [-0.05, 0) is 24.1 Å². The summed E-state index contributed by atoms with van der Waals surface area (Å²) >= 11 is 6.46. The summed E-state index contributed by atoms with van der Waals surface area (Å²) in [5, 5.41) is 4.20. The lowest BCUT2D eigenvalue weighted by Gasteiger charge is -2.29. The fourth-order valence-corrected chi connectivity index (χ4v) is 2.57. The minimum absolute atomic E-state index is 0.579. The van der Waals surface area contributed by atoms with Crippen LogP contribution in [0.25, 0.3) is 0 Å². The molecule has 0 atom stereocenters. The summed E-state index contributed by atoms with van der Waals surface area (Å²) in [4.78, 5) is 2.34. The summed E-state index contributed by atoms with van der Waals surface area (Å²) in [6.07, 6.45) is 0. The van der Waals surface area contributed by atoms with E-state index in [1.54, 1.807) is 7.11 Å². The summed E-state index contributed by atoms with van der Waals surface area (Å²) in [7, 11) is 1.74. The van der Waals surface area contributed by atoms with E-state index in [1.807, 2.05) is 12.1 Å².